The van der Waals surface area contributed by atoms with Crippen molar-refractivity contribution in [2.75, 3.05) is 5.73 Å². The summed E-state index contributed by atoms with van der Waals surface area (Å²) in [5.74, 6) is -1.22. The van der Waals surface area contributed by atoms with E-state index < -0.39 is 15.6 Å². The van der Waals surface area contributed by atoms with Gasteiger partial charge in [-0.15, -0.1) is 0 Å². The van der Waals surface area contributed by atoms with Crippen molar-refractivity contribution >= 4 is 29.2 Å². The number of carboxylic acid groups (broad SMARTS) is 1. The Morgan fingerprint density at radius 1 is 1.59 bits per heavy atom. The summed E-state index contributed by atoms with van der Waals surface area (Å²) in [6.45, 7) is 3.03. The van der Waals surface area contributed by atoms with Gasteiger partial charge in [0, 0.05) is 6.07 Å². The maximum atomic E-state index is 10.9. The third-order valence-electron chi connectivity index (χ3n) is 1.95. The summed E-state index contributed by atoms with van der Waals surface area (Å²) in [5.41, 5.74) is 5.11. The number of hydrogen-bond donors (Lipinski definition) is 2. The van der Waals surface area contributed by atoms with Gasteiger partial charge in [0.05, 0.1) is 4.92 Å². The topological polar surface area (TPSA) is 119 Å². The summed E-state index contributed by atoms with van der Waals surface area (Å²) in [7, 11) is 0. The average Bonchev–Trinajstić information content (AvgIpc) is 2.15. The van der Waals surface area contributed by atoms with Gasteiger partial charge < -0.3 is 10.8 Å². The largest absolute Gasteiger partial charge is 0.480 e. The lowest BCUT2D eigenvalue weighted by molar-refractivity contribution is -0.384. The van der Waals surface area contributed by atoms with Crippen LogP contribution < -0.4 is 5.73 Å². The molecule has 0 spiro atoms. The number of carbonyl (C=O) groups is 1. The number of rotatable bonds is 4. The van der Waals surface area contributed by atoms with Crippen LogP contribution in [0.4, 0.5) is 11.5 Å². The first-order valence-corrected chi connectivity index (χ1v) is 5.39. The van der Waals surface area contributed by atoms with Gasteiger partial charge in [0.25, 0.3) is 0 Å². The van der Waals surface area contributed by atoms with E-state index in [2.05, 4.69) is 4.98 Å². The van der Waals surface area contributed by atoms with E-state index in [1.807, 2.05) is 0 Å². The van der Waals surface area contributed by atoms with Gasteiger partial charge >= 0.3 is 11.7 Å². The number of thioether (sulfide) groups is 1. The second-order valence-electron chi connectivity index (χ2n) is 3.73. The van der Waals surface area contributed by atoms with Crippen LogP contribution in [0.2, 0.25) is 0 Å². The molecule has 0 unspecified atom stereocenters. The maximum Gasteiger partial charge on any atom is 0.319 e. The van der Waals surface area contributed by atoms with Crippen LogP contribution in [0.15, 0.2) is 17.2 Å². The van der Waals surface area contributed by atoms with E-state index in [1.165, 1.54) is 26.0 Å². The molecule has 0 aromatic carbocycles. The highest BCUT2D eigenvalue weighted by Gasteiger charge is 2.29. The van der Waals surface area contributed by atoms with Crippen LogP contribution in [0, 0.1) is 10.1 Å². The van der Waals surface area contributed by atoms with Gasteiger partial charge in [-0.25, -0.2) is 4.98 Å². The van der Waals surface area contributed by atoms with Gasteiger partial charge in [-0.3, -0.25) is 14.9 Å². The van der Waals surface area contributed by atoms with Crippen molar-refractivity contribution in [3.63, 3.8) is 0 Å². The quantitative estimate of drug-likeness (QED) is 0.476. The number of nitrogens with two attached hydrogens (primary N) is 1. The lowest BCUT2D eigenvalue weighted by Gasteiger charge is -2.17. The van der Waals surface area contributed by atoms with Crippen molar-refractivity contribution in [3.8, 4) is 0 Å². The molecule has 0 aliphatic carbocycles. The molecule has 17 heavy (non-hydrogen) atoms. The summed E-state index contributed by atoms with van der Waals surface area (Å²) in [6, 6.07) is 2.59. The molecule has 0 amide bonds. The van der Waals surface area contributed by atoms with Crippen molar-refractivity contribution in [1.82, 2.24) is 4.98 Å². The lowest BCUT2D eigenvalue weighted by atomic mass is 10.2. The zero-order valence-corrected chi connectivity index (χ0v) is 10.0. The number of aliphatic carboxylic acids is 1. The molecule has 1 aromatic heterocycles. The van der Waals surface area contributed by atoms with Crippen LogP contribution in [0.5, 0.6) is 0 Å². The molecule has 3 N–H and O–H groups in total. The Kier molecular flexibility index (Phi) is 3.56. The summed E-state index contributed by atoms with van der Waals surface area (Å²) >= 11 is 0.975. The van der Waals surface area contributed by atoms with Gasteiger partial charge in [-0.2, -0.15) is 0 Å². The number of nitro groups is 1. The smallest absolute Gasteiger partial charge is 0.319 e. The highest BCUT2D eigenvalue weighted by atomic mass is 32.2. The molecule has 0 aliphatic heterocycles. The number of nitrogens with zero attached hydrogens (tertiary/aromatic N) is 2. The second kappa shape index (κ2) is 4.58. The van der Waals surface area contributed by atoms with Crippen molar-refractivity contribution < 1.29 is 14.8 Å². The minimum absolute atomic E-state index is 0.221. The molecule has 0 saturated heterocycles. The molecule has 8 heteroatoms. The molecule has 0 aliphatic rings. The molecule has 7 nitrogen and oxygen atoms in total. The van der Waals surface area contributed by atoms with E-state index in [4.69, 9.17) is 10.8 Å². The molecule has 0 atom stereocenters. The molecule has 92 valence electrons. The summed E-state index contributed by atoms with van der Waals surface area (Å²) in [5, 5.41) is 19.8. The fraction of sp³-hybridized carbons (Fsp3) is 0.333. The van der Waals surface area contributed by atoms with E-state index >= 15 is 0 Å². The molecular formula is C9H11N3O4S. The van der Waals surface area contributed by atoms with Crippen LogP contribution in [-0.2, 0) is 4.79 Å². The highest BCUT2D eigenvalue weighted by molar-refractivity contribution is 8.01. The summed E-state index contributed by atoms with van der Waals surface area (Å²) in [6.07, 6.45) is 0. The van der Waals surface area contributed by atoms with Crippen LogP contribution in [0.25, 0.3) is 0 Å². The van der Waals surface area contributed by atoms with Gasteiger partial charge in [0.2, 0.25) is 5.82 Å². The first-order chi connectivity index (χ1) is 7.74. The predicted molar refractivity (Wildman–Crippen MR) is 62.9 cm³/mol. The fourth-order valence-corrected chi connectivity index (χ4v) is 1.86. The van der Waals surface area contributed by atoms with Crippen molar-refractivity contribution in [2.45, 2.75) is 23.6 Å². The van der Waals surface area contributed by atoms with E-state index in [9.17, 15) is 14.9 Å². The van der Waals surface area contributed by atoms with Crippen LogP contribution in [0.1, 0.15) is 13.8 Å². The second-order valence-corrected chi connectivity index (χ2v) is 5.37. The van der Waals surface area contributed by atoms with Crippen molar-refractivity contribution in [1.29, 1.82) is 0 Å². The number of aromatic nitrogens is 1. The Morgan fingerprint density at radius 2 is 2.18 bits per heavy atom. The minimum Gasteiger partial charge on any atom is -0.480 e. The molecule has 0 saturated carbocycles. The maximum absolute atomic E-state index is 10.9. The standard InChI is InChI=1S/C9H11N3O4S/c1-9(2,8(13)14)17-6-4-3-5(12(15)16)7(10)11-6/h3-4H,1-2H3,(H2,10,11)(H,13,14). The third-order valence-corrected chi connectivity index (χ3v) is 3.07. The van der Waals surface area contributed by atoms with Gasteiger partial charge in [0.1, 0.15) is 9.77 Å². The van der Waals surface area contributed by atoms with E-state index in [-0.39, 0.29) is 11.5 Å². The van der Waals surface area contributed by atoms with E-state index in [0.717, 1.165) is 11.8 Å². The summed E-state index contributed by atoms with van der Waals surface area (Å²) in [4.78, 5) is 24.6. The SMILES string of the molecule is CC(C)(Sc1ccc([N+](=O)[O-])c(N)n1)C(=O)O. The minimum atomic E-state index is -1.07. The van der Waals surface area contributed by atoms with E-state index in [1.54, 1.807) is 0 Å². The Bertz CT molecular complexity index is 475. The molecule has 1 aromatic rings. The van der Waals surface area contributed by atoms with E-state index in [0.29, 0.717) is 5.03 Å². The van der Waals surface area contributed by atoms with Crippen LogP contribution >= 0.6 is 11.8 Å². The number of nitrogen functional groups attached to an aromatic ring is 1. The van der Waals surface area contributed by atoms with Crippen molar-refractivity contribution in [2.24, 2.45) is 0 Å². The molecule has 0 radical (unpaired) electrons. The number of carboxylic acids is 1. The number of hydrogen-bond acceptors (Lipinski definition) is 6. The predicted octanol–water partition coefficient (Wildman–Crippen LogP) is 1.53. The molecule has 0 fully saturated rings. The van der Waals surface area contributed by atoms with Gasteiger partial charge in [-0.05, 0) is 19.9 Å². The monoisotopic (exact) mass is 257 g/mol. The highest BCUT2D eigenvalue weighted by Crippen LogP contribution is 2.33. The Morgan fingerprint density at radius 3 is 2.59 bits per heavy atom. The first-order valence-electron chi connectivity index (χ1n) is 4.57. The number of pyridine rings is 1. The summed E-state index contributed by atoms with van der Waals surface area (Å²) < 4.78 is -1.07. The van der Waals surface area contributed by atoms with Gasteiger partial charge in [-0.1, -0.05) is 11.8 Å². The molecular weight excluding hydrogens is 246 g/mol. The fourth-order valence-electron chi connectivity index (χ4n) is 0.965. The lowest BCUT2D eigenvalue weighted by Crippen LogP contribution is -2.27. The zero-order chi connectivity index (χ0) is 13.2. The zero-order valence-electron chi connectivity index (χ0n) is 9.21. The number of anilines is 1. The normalized spacial score (nSPS) is 11.2. The van der Waals surface area contributed by atoms with Crippen molar-refractivity contribution in [3.05, 3.63) is 22.2 Å². The molecule has 1 heterocycles. The van der Waals surface area contributed by atoms with Crippen LogP contribution in [0.3, 0.4) is 0 Å². The Labute approximate surface area is 101 Å². The average molecular weight is 257 g/mol. The first kappa shape index (κ1) is 13.2. The Hall–Kier alpha value is -1.83. The van der Waals surface area contributed by atoms with Gasteiger partial charge in [0.15, 0.2) is 0 Å². The molecule has 1 rings (SSSR count). The molecule has 0 bridgehead atoms. The third kappa shape index (κ3) is 3.06. The Balaban J connectivity index is 2.99. The van der Waals surface area contributed by atoms with Crippen LogP contribution in [-0.4, -0.2) is 25.7 Å².